The first-order valence-electron chi connectivity index (χ1n) is 7.66. The molecular formula is C15H30N2. The Bertz CT molecular complexity index is 227. The fourth-order valence-corrected chi connectivity index (χ4v) is 3.57. The van der Waals surface area contributed by atoms with Crippen LogP contribution >= 0.6 is 0 Å². The number of piperazine rings is 1. The second-order valence-corrected chi connectivity index (χ2v) is 6.48. The summed E-state index contributed by atoms with van der Waals surface area (Å²) in [6.07, 6.45) is 7.25. The quantitative estimate of drug-likeness (QED) is 0.744. The van der Waals surface area contributed by atoms with Crippen LogP contribution in [0.5, 0.6) is 0 Å². The van der Waals surface area contributed by atoms with Crippen molar-refractivity contribution in [1.82, 2.24) is 10.2 Å². The molecule has 2 aliphatic rings. The zero-order valence-corrected chi connectivity index (χ0v) is 11.9. The van der Waals surface area contributed by atoms with E-state index in [0.29, 0.717) is 6.04 Å². The fraction of sp³-hybridized carbons (Fsp3) is 1.00. The molecular weight excluding hydrogens is 208 g/mol. The van der Waals surface area contributed by atoms with Gasteiger partial charge in [-0.05, 0) is 24.7 Å². The third kappa shape index (κ3) is 3.45. The Morgan fingerprint density at radius 2 is 1.88 bits per heavy atom. The van der Waals surface area contributed by atoms with Gasteiger partial charge in [0.1, 0.15) is 0 Å². The van der Waals surface area contributed by atoms with Crippen molar-refractivity contribution in [2.24, 2.45) is 11.8 Å². The monoisotopic (exact) mass is 238 g/mol. The summed E-state index contributed by atoms with van der Waals surface area (Å²) in [5.41, 5.74) is 0. The Hall–Kier alpha value is -0.0800. The van der Waals surface area contributed by atoms with Crippen LogP contribution in [0.4, 0.5) is 0 Å². The van der Waals surface area contributed by atoms with Crippen molar-refractivity contribution in [3.63, 3.8) is 0 Å². The van der Waals surface area contributed by atoms with E-state index in [1.54, 1.807) is 0 Å². The highest BCUT2D eigenvalue weighted by atomic mass is 15.2. The Balaban J connectivity index is 1.95. The van der Waals surface area contributed by atoms with E-state index < -0.39 is 0 Å². The lowest BCUT2D eigenvalue weighted by Crippen LogP contribution is -2.56. The first-order valence-corrected chi connectivity index (χ1v) is 7.66. The van der Waals surface area contributed by atoms with E-state index >= 15 is 0 Å². The molecule has 2 nitrogen and oxygen atoms in total. The van der Waals surface area contributed by atoms with Gasteiger partial charge in [0.15, 0.2) is 0 Å². The summed E-state index contributed by atoms with van der Waals surface area (Å²) in [5.74, 6) is 1.67. The van der Waals surface area contributed by atoms with Crippen molar-refractivity contribution in [1.29, 1.82) is 0 Å². The first kappa shape index (κ1) is 13.4. The van der Waals surface area contributed by atoms with Gasteiger partial charge in [0.05, 0.1) is 0 Å². The lowest BCUT2D eigenvalue weighted by molar-refractivity contribution is 0.0906. The number of hydrogen-bond acceptors (Lipinski definition) is 2. The van der Waals surface area contributed by atoms with Crippen molar-refractivity contribution in [3.8, 4) is 0 Å². The second-order valence-electron chi connectivity index (χ2n) is 6.48. The second kappa shape index (κ2) is 6.19. The van der Waals surface area contributed by atoms with Crippen LogP contribution in [0, 0.1) is 11.8 Å². The van der Waals surface area contributed by atoms with E-state index in [1.165, 1.54) is 51.7 Å². The van der Waals surface area contributed by atoms with Gasteiger partial charge in [-0.3, -0.25) is 4.90 Å². The summed E-state index contributed by atoms with van der Waals surface area (Å²) < 4.78 is 0. The SMILES string of the molecule is CC(C)C1CN(C2CCCCCC2C)CCN1. The molecule has 1 N–H and O–H groups in total. The standard InChI is InChI=1S/C15H30N2/c1-12(2)14-11-17(10-9-16-14)15-8-6-4-5-7-13(15)3/h12-16H,4-11H2,1-3H3. The molecule has 1 saturated carbocycles. The van der Waals surface area contributed by atoms with Crippen molar-refractivity contribution in [2.75, 3.05) is 19.6 Å². The van der Waals surface area contributed by atoms with Gasteiger partial charge >= 0.3 is 0 Å². The number of nitrogens with one attached hydrogen (secondary N) is 1. The largest absolute Gasteiger partial charge is 0.311 e. The first-order chi connectivity index (χ1) is 8.18. The van der Waals surface area contributed by atoms with Crippen LogP contribution in [0.1, 0.15) is 52.9 Å². The maximum atomic E-state index is 3.68. The third-order valence-corrected chi connectivity index (χ3v) is 4.83. The minimum Gasteiger partial charge on any atom is -0.311 e. The molecule has 0 aromatic heterocycles. The molecule has 2 rings (SSSR count). The van der Waals surface area contributed by atoms with Crippen LogP contribution < -0.4 is 5.32 Å². The number of nitrogens with zero attached hydrogens (tertiary/aromatic N) is 1. The summed E-state index contributed by atoms with van der Waals surface area (Å²) in [7, 11) is 0. The molecule has 2 heteroatoms. The normalized spacial score (nSPS) is 37.1. The maximum Gasteiger partial charge on any atom is 0.0218 e. The molecule has 0 aromatic carbocycles. The van der Waals surface area contributed by atoms with E-state index in [-0.39, 0.29) is 0 Å². The molecule has 1 aliphatic carbocycles. The Labute approximate surface area is 107 Å². The van der Waals surface area contributed by atoms with Crippen LogP contribution in [0.2, 0.25) is 0 Å². The van der Waals surface area contributed by atoms with E-state index in [1.807, 2.05) is 0 Å². The van der Waals surface area contributed by atoms with Crippen molar-refractivity contribution in [3.05, 3.63) is 0 Å². The van der Waals surface area contributed by atoms with Gasteiger partial charge in [0.25, 0.3) is 0 Å². The maximum absolute atomic E-state index is 3.68. The van der Waals surface area contributed by atoms with Crippen LogP contribution in [0.15, 0.2) is 0 Å². The molecule has 0 bridgehead atoms. The molecule has 17 heavy (non-hydrogen) atoms. The number of rotatable bonds is 2. The predicted molar refractivity (Wildman–Crippen MR) is 74.2 cm³/mol. The van der Waals surface area contributed by atoms with E-state index in [2.05, 4.69) is 31.0 Å². The molecule has 100 valence electrons. The van der Waals surface area contributed by atoms with Gasteiger partial charge in [0, 0.05) is 31.7 Å². The molecule has 3 atom stereocenters. The van der Waals surface area contributed by atoms with Gasteiger partial charge in [-0.1, -0.05) is 40.0 Å². The molecule has 0 aromatic rings. The minimum atomic E-state index is 0.708. The summed E-state index contributed by atoms with van der Waals surface area (Å²) in [6, 6.07) is 1.57. The van der Waals surface area contributed by atoms with E-state index in [9.17, 15) is 0 Å². The Kier molecular flexibility index (Phi) is 4.87. The molecule has 2 fully saturated rings. The van der Waals surface area contributed by atoms with Crippen LogP contribution in [0.3, 0.4) is 0 Å². The molecule has 1 saturated heterocycles. The van der Waals surface area contributed by atoms with Crippen LogP contribution in [-0.4, -0.2) is 36.6 Å². The fourth-order valence-electron chi connectivity index (χ4n) is 3.57. The summed E-state index contributed by atoms with van der Waals surface area (Å²) in [6.45, 7) is 10.9. The smallest absolute Gasteiger partial charge is 0.0218 e. The summed E-state index contributed by atoms with van der Waals surface area (Å²) in [5, 5.41) is 3.68. The lowest BCUT2D eigenvalue weighted by atomic mass is 9.93. The van der Waals surface area contributed by atoms with E-state index in [0.717, 1.165) is 17.9 Å². The minimum absolute atomic E-state index is 0.708. The van der Waals surface area contributed by atoms with Crippen LogP contribution in [0.25, 0.3) is 0 Å². The zero-order chi connectivity index (χ0) is 12.3. The topological polar surface area (TPSA) is 15.3 Å². The molecule has 0 spiro atoms. The van der Waals surface area contributed by atoms with Gasteiger partial charge in [-0.15, -0.1) is 0 Å². The van der Waals surface area contributed by atoms with Crippen molar-refractivity contribution < 1.29 is 0 Å². The van der Waals surface area contributed by atoms with Crippen LogP contribution in [-0.2, 0) is 0 Å². The molecule has 3 unspecified atom stereocenters. The summed E-state index contributed by atoms with van der Waals surface area (Å²) in [4.78, 5) is 2.79. The highest BCUT2D eigenvalue weighted by Gasteiger charge is 2.30. The summed E-state index contributed by atoms with van der Waals surface area (Å²) >= 11 is 0. The lowest BCUT2D eigenvalue weighted by Gasteiger charge is -2.42. The van der Waals surface area contributed by atoms with E-state index in [4.69, 9.17) is 0 Å². The highest BCUT2D eigenvalue weighted by molar-refractivity contribution is 4.87. The van der Waals surface area contributed by atoms with Gasteiger partial charge < -0.3 is 5.32 Å². The predicted octanol–water partition coefficient (Wildman–Crippen LogP) is 2.89. The Morgan fingerprint density at radius 3 is 2.65 bits per heavy atom. The highest BCUT2D eigenvalue weighted by Crippen LogP contribution is 2.28. The average Bonchev–Trinajstić information content (AvgIpc) is 2.54. The van der Waals surface area contributed by atoms with Crippen molar-refractivity contribution in [2.45, 2.75) is 65.0 Å². The number of hydrogen-bond donors (Lipinski definition) is 1. The zero-order valence-electron chi connectivity index (χ0n) is 11.9. The average molecular weight is 238 g/mol. The Morgan fingerprint density at radius 1 is 1.12 bits per heavy atom. The third-order valence-electron chi connectivity index (χ3n) is 4.83. The molecule has 0 amide bonds. The molecule has 1 heterocycles. The van der Waals surface area contributed by atoms with Gasteiger partial charge in [0.2, 0.25) is 0 Å². The molecule has 1 aliphatic heterocycles. The van der Waals surface area contributed by atoms with Crippen molar-refractivity contribution >= 4 is 0 Å². The van der Waals surface area contributed by atoms with Gasteiger partial charge in [-0.25, -0.2) is 0 Å². The van der Waals surface area contributed by atoms with Gasteiger partial charge in [-0.2, -0.15) is 0 Å². The molecule has 0 radical (unpaired) electrons.